The predicted octanol–water partition coefficient (Wildman–Crippen LogP) is -1.88. The maximum atomic E-state index is 9.63. The molecule has 1 aliphatic rings. The van der Waals surface area contributed by atoms with E-state index >= 15 is 0 Å². The number of ether oxygens (including phenoxy) is 1. The number of hydrogen-bond donors (Lipinski definition) is 3. The van der Waals surface area contributed by atoms with E-state index in [0.717, 1.165) is 5.69 Å². The average molecular weight is 228 g/mol. The van der Waals surface area contributed by atoms with Crippen LogP contribution in [0.5, 0.6) is 0 Å². The minimum atomic E-state index is -0.755. The summed E-state index contributed by atoms with van der Waals surface area (Å²) in [5.41, 5.74) is 0.746. The van der Waals surface area contributed by atoms with Crippen LogP contribution in [0.15, 0.2) is 6.20 Å². The number of aliphatic hydroxyl groups excluding tert-OH is 2. The van der Waals surface area contributed by atoms with Crippen molar-refractivity contribution in [3.63, 3.8) is 0 Å². The van der Waals surface area contributed by atoms with Gasteiger partial charge in [0.05, 0.1) is 37.6 Å². The van der Waals surface area contributed by atoms with Crippen LogP contribution in [0.25, 0.3) is 0 Å². The van der Waals surface area contributed by atoms with Gasteiger partial charge in [0.1, 0.15) is 5.69 Å². The Morgan fingerprint density at radius 1 is 1.62 bits per heavy atom. The highest BCUT2D eigenvalue weighted by Crippen LogP contribution is 2.09. The largest absolute Gasteiger partial charge is 0.389 e. The van der Waals surface area contributed by atoms with Crippen LogP contribution in [0.4, 0.5) is 0 Å². The highest BCUT2D eigenvalue weighted by molar-refractivity contribution is 4.94. The van der Waals surface area contributed by atoms with E-state index < -0.39 is 12.2 Å². The van der Waals surface area contributed by atoms with Crippen LogP contribution in [0, 0.1) is 0 Å². The summed E-state index contributed by atoms with van der Waals surface area (Å²) in [4.78, 5) is 0. The highest BCUT2D eigenvalue weighted by Gasteiger charge is 2.33. The highest BCUT2D eigenvalue weighted by atomic mass is 16.5. The lowest BCUT2D eigenvalue weighted by molar-refractivity contribution is 0.0372. The third-order valence-corrected chi connectivity index (χ3v) is 2.66. The maximum Gasteiger partial charge on any atom is 0.108 e. The van der Waals surface area contributed by atoms with E-state index in [1.54, 1.807) is 18.0 Å². The number of rotatable bonds is 4. The van der Waals surface area contributed by atoms with Crippen molar-refractivity contribution in [3.8, 4) is 0 Å². The molecule has 0 unspecified atom stereocenters. The third-order valence-electron chi connectivity index (χ3n) is 2.66. The topological polar surface area (TPSA) is 92.4 Å². The zero-order chi connectivity index (χ0) is 11.5. The van der Waals surface area contributed by atoms with Gasteiger partial charge in [-0.3, -0.25) is 4.68 Å². The van der Waals surface area contributed by atoms with Crippen molar-refractivity contribution in [1.82, 2.24) is 20.3 Å². The molecular weight excluding hydrogens is 212 g/mol. The Labute approximate surface area is 93.0 Å². The molecule has 1 fully saturated rings. The summed E-state index contributed by atoms with van der Waals surface area (Å²) >= 11 is 0. The minimum absolute atomic E-state index is 0.188. The molecule has 2 rings (SSSR count). The Morgan fingerprint density at radius 2 is 2.44 bits per heavy atom. The van der Waals surface area contributed by atoms with Gasteiger partial charge in [-0.2, -0.15) is 0 Å². The molecule has 1 aromatic heterocycles. The monoisotopic (exact) mass is 228 g/mol. The van der Waals surface area contributed by atoms with Crippen LogP contribution in [0.2, 0.25) is 0 Å². The molecule has 0 radical (unpaired) electrons. The Morgan fingerprint density at radius 3 is 3.06 bits per heavy atom. The number of hydrogen-bond acceptors (Lipinski definition) is 6. The van der Waals surface area contributed by atoms with Crippen molar-refractivity contribution >= 4 is 0 Å². The van der Waals surface area contributed by atoms with Gasteiger partial charge in [-0.25, -0.2) is 0 Å². The van der Waals surface area contributed by atoms with Crippen LogP contribution >= 0.6 is 0 Å². The zero-order valence-electron chi connectivity index (χ0n) is 9.08. The van der Waals surface area contributed by atoms with Gasteiger partial charge in [-0.1, -0.05) is 5.21 Å². The lowest BCUT2D eigenvalue weighted by Gasteiger charge is -2.15. The van der Waals surface area contributed by atoms with Crippen LogP contribution < -0.4 is 5.32 Å². The third kappa shape index (κ3) is 2.38. The number of β-amino-alcohol motifs (C(OH)–C–C–N with tert-alkyl or cyclic N) is 1. The summed E-state index contributed by atoms with van der Waals surface area (Å²) in [5, 5.41) is 29.8. The number of nitrogens with zero attached hydrogens (tertiary/aromatic N) is 3. The fourth-order valence-corrected chi connectivity index (χ4v) is 1.80. The van der Waals surface area contributed by atoms with E-state index in [2.05, 4.69) is 15.6 Å². The van der Waals surface area contributed by atoms with Crippen LogP contribution in [-0.4, -0.2) is 57.1 Å². The molecule has 3 atom stereocenters. The molecule has 0 saturated carbocycles. The van der Waals surface area contributed by atoms with Gasteiger partial charge in [-0.15, -0.1) is 5.10 Å². The number of aliphatic hydroxyl groups is 2. The van der Waals surface area contributed by atoms with Crippen LogP contribution in [0.1, 0.15) is 5.69 Å². The van der Waals surface area contributed by atoms with E-state index in [0.29, 0.717) is 19.7 Å². The van der Waals surface area contributed by atoms with Crippen molar-refractivity contribution in [2.24, 2.45) is 0 Å². The molecule has 2 heterocycles. The second-order valence-corrected chi connectivity index (χ2v) is 3.94. The summed E-state index contributed by atoms with van der Waals surface area (Å²) in [7, 11) is 1.59. The molecule has 16 heavy (non-hydrogen) atoms. The molecule has 0 aliphatic carbocycles. The number of nitrogens with one attached hydrogen (secondary N) is 1. The van der Waals surface area contributed by atoms with Gasteiger partial charge < -0.3 is 20.3 Å². The summed E-state index contributed by atoms with van der Waals surface area (Å²) in [6.45, 7) is 1.31. The SMILES string of the molecule is COCc1cn(C[C@H]2NC[C@@H](O)[C@H]2O)nn1. The second-order valence-electron chi connectivity index (χ2n) is 3.94. The van der Waals surface area contributed by atoms with E-state index in [1.165, 1.54) is 0 Å². The van der Waals surface area contributed by atoms with Crippen LogP contribution in [-0.2, 0) is 17.9 Å². The van der Waals surface area contributed by atoms with Gasteiger partial charge in [0, 0.05) is 13.7 Å². The van der Waals surface area contributed by atoms with Crippen LogP contribution in [0.3, 0.4) is 0 Å². The van der Waals surface area contributed by atoms with E-state index in [9.17, 15) is 10.2 Å². The summed E-state index contributed by atoms with van der Waals surface area (Å²) < 4.78 is 6.56. The summed E-state index contributed by atoms with van der Waals surface area (Å²) in [5.74, 6) is 0. The number of methoxy groups -OCH3 is 1. The first-order valence-electron chi connectivity index (χ1n) is 5.18. The molecule has 7 heteroatoms. The Balaban J connectivity index is 1.93. The molecule has 3 N–H and O–H groups in total. The summed E-state index contributed by atoms with van der Waals surface area (Å²) in [6, 6.07) is -0.188. The molecule has 0 amide bonds. The van der Waals surface area contributed by atoms with Gasteiger partial charge in [0.25, 0.3) is 0 Å². The fourth-order valence-electron chi connectivity index (χ4n) is 1.80. The van der Waals surface area contributed by atoms with Gasteiger partial charge >= 0.3 is 0 Å². The maximum absolute atomic E-state index is 9.63. The van der Waals surface area contributed by atoms with Crippen molar-refractivity contribution < 1.29 is 14.9 Å². The molecule has 1 aliphatic heterocycles. The lowest BCUT2D eigenvalue weighted by atomic mass is 10.1. The Bertz CT molecular complexity index is 343. The van der Waals surface area contributed by atoms with Gasteiger partial charge in [-0.05, 0) is 0 Å². The van der Waals surface area contributed by atoms with Crippen molar-refractivity contribution in [3.05, 3.63) is 11.9 Å². The minimum Gasteiger partial charge on any atom is -0.389 e. The normalized spacial score (nSPS) is 29.8. The van der Waals surface area contributed by atoms with E-state index in [4.69, 9.17) is 4.74 Å². The van der Waals surface area contributed by atoms with Gasteiger partial charge in [0.2, 0.25) is 0 Å². The zero-order valence-corrected chi connectivity index (χ0v) is 9.08. The molecule has 90 valence electrons. The van der Waals surface area contributed by atoms with E-state index in [1.807, 2.05) is 0 Å². The smallest absolute Gasteiger partial charge is 0.108 e. The van der Waals surface area contributed by atoms with Crippen molar-refractivity contribution in [1.29, 1.82) is 0 Å². The quantitative estimate of drug-likeness (QED) is 0.558. The molecule has 0 bridgehead atoms. The van der Waals surface area contributed by atoms with Crippen molar-refractivity contribution in [2.75, 3.05) is 13.7 Å². The molecule has 0 spiro atoms. The standard InChI is InChI=1S/C9H16N4O3/c1-16-5-6-3-13(12-11-6)4-7-9(15)8(14)2-10-7/h3,7-10,14-15H,2,4-5H2,1H3/t7-,8-,9+/m1/s1. The van der Waals surface area contributed by atoms with E-state index in [-0.39, 0.29) is 6.04 Å². The fraction of sp³-hybridized carbons (Fsp3) is 0.778. The predicted molar refractivity (Wildman–Crippen MR) is 54.5 cm³/mol. The summed E-state index contributed by atoms with van der Waals surface area (Å²) in [6.07, 6.45) is 0.310. The lowest BCUT2D eigenvalue weighted by Crippen LogP contribution is -2.36. The number of aromatic nitrogens is 3. The molecule has 1 saturated heterocycles. The molecule has 1 aromatic rings. The van der Waals surface area contributed by atoms with Crippen molar-refractivity contribution in [2.45, 2.75) is 31.4 Å². The first-order chi connectivity index (χ1) is 7.70. The Hall–Kier alpha value is -1.02. The molecule has 0 aromatic carbocycles. The first kappa shape index (κ1) is 11.5. The average Bonchev–Trinajstić information content (AvgIpc) is 2.82. The second kappa shape index (κ2) is 4.88. The Kier molecular flexibility index (Phi) is 3.49. The van der Waals surface area contributed by atoms with Gasteiger partial charge in [0.15, 0.2) is 0 Å². The first-order valence-corrected chi connectivity index (χ1v) is 5.18. The molecule has 7 nitrogen and oxygen atoms in total. The molecular formula is C9H16N4O3.